The van der Waals surface area contributed by atoms with Gasteiger partial charge in [-0.3, -0.25) is 9.78 Å². The van der Waals surface area contributed by atoms with Gasteiger partial charge in [0, 0.05) is 0 Å². The lowest BCUT2D eigenvalue weighted by Crippen LogP contribution is -2.26. The molecule has 1 aliphatic carbocycles. The van der Waals surface area contributed by atoms with E-state index in [-0.39, 0.29) is 5.41 Å². The van der Waals surface area contributed by atoms with Crippen LogP contribution in [0.1, 0.15) is 26.0 Å². The van der Waals surface area contributed by atoms with Crippen LogP contribution in [-0.4, -0.2) is 21.0 Å². The van der Waals surface area contributed by atoms with Crippen LogP contribution in [0.25, 0.3) is 11.0 Å². The lowest BCUT2D eigenvalue weighted by Gasteiger charge is -2.15. The van der Waals surface area contributed by atoms with E-state index in [1.807, 2.05) is 38.1 Å². The summed E-state index contributed by atoms with van der Waals surface area (Å²) in [7, 11) is 0. The van der Waals surface area contributed by atoms with Crippen molar-refractivity contribution in [2.24, 2.45) is 5.41 Å². The number of aliphatic carboxylic acids is 1. The van der Waals surface area contributed by atoms with Crippen molar-refractivity contribution in [3.05, 3.63) is 36.2 Å². The normalized spacial score (nSPS) is 25.0. The molecule has 1 atom stereocenters. The van der Waals surface area contributed by atoms with Crippen LogP contribution in [0.15, 0.2) is 30.5 Å². The van der Waals surface area contributed by atoms with Gasteiger partial charge in [-0.05, 0) is 24.0 Å². The lowest BCUT2D eigenvalue weighted by atomic mass is 9.92. The molecule has 4 nitrogen and oxygen atoms in total. The molecule has 1 aromatic carbocycles. The average Bonchev–Trinajstić information content (AvgIpc) is 2.93. The Balaban J connectivity index is 2.18. The first-order valence-electron chi connectivity index (χ1n) is 5.93. The quantitative estimate of drug-likeness (QED) is 0.878. The molecule has 3 rings (SSSR count). The molecule has 0 aliphatic heterocycles. The summed E-state index contributed by atoms with van der Waals surface area (Å²) in [6.45, 7) is 3.91. The Kier molecular flexibility index (Phi) is 2.03. The average molecular weight is 242 g/mol. The van der Waals surface area contributed by atoms with E-state index in [2.05, 4.69) is 9.97 Å². The van der Waals surface area contributed by atoms with Crippen molar-refractivity contribution in [3.8, 4) is 0 Å². The van der Waals surface area contributed by atoms with Crippen LogP contribution in [0.5, 0.6) is 0 Å². The van der Waals surface area contributed by atoms with Crippen LogP contribution in [0.4, 0.5) is 0 Å². The number of carboxylic acid groups (broad SMARTS) is 1. The summed E-state index contributed by atoms with van der Waals surface area (Å²) >= 11 is 0. The van der Waals surface area contributed by atoms with Crippen LogP contribution in [0.3, 0.4) is 0 Å². The predicted octanol–water partition coefficient (Wildman–Crippen LogP) is 2.38. The predicted molar refractivity (Wildman–Crippen MR) is 67.2 cm³/mol. The maximum atomic E-state index is 11.6. The second kappa shape index (κ2) is 3.28. The van der Waals surface area contributed by atoms with E-state index in [4.69, 9.17) is 0 Å². The number of hydrogen-bond donors (Lipinski definition) is 1. The maximum Gasteiger partial charge on any atom is 0.316 e. The van der Waals surface area contributed by atoms with E-state index >= 15 is 0 Å². The van der Waals surface area contributed by atoms with Crippen molar-refractivity contribution >= 4 is 17.0 Å². The van der Waals surface area contributed by atoms with Crippen molar-refractivity contribution < 1.29 is 9.90 Å². The van der Waals surface area contributed by atoms with Gasteiger partial charge in [-0.15, -0.1) is 0 Å². The van der Waals surface area contributed by atoms with Gasteiger partial charge in [-0.2, -0.15) is 0 Å². The van der Waals surface area contributed by atoms with E-state index in [0.717, 1.165) is 11.0 Å². The largest absolute Gasteiger partial charge is 0.481 e. The highest BCUT2D eigenvalue weighted by Gasteiger charge is 2.69. The Labute approximate surface area is 105 Å². The standard InChI is InChI=1S/C14H14N2O2/c1-13(2)8-14(13,12(17)18)11-7-15-9-5-3-4-6-10(9)16-11/h3-7H,8H2,1-2H3,(H,17,18). The van der Waals surface area contributed by atoms with Crippen molar-refractivity contribution in [1.29, 1.82) is 0 Å². The van der Waals surface area contributed by atoms with Gasteiger partial charge in [0.25, 0.3) is 0 Å². The molecule has 0 amide bonds. The molecule has 1 heterocycles. The number of hydrogen-bond acceptors (Lipinski definition) is 3. The molecule has 2 aromatic rings. The van der Waals surface area contributed by atoms with E-state index in [0.29, 0.717) is 12.1 Å². The fourth-order valence-electron chi connectivity index (χ4n) is 2.69. The lowest BCUT2D eigenvalue weighted by molar-refractivity contribution is -0.141. The fourth-order valence-corrected chi connectivity index (χ4v) is 2.69. The molecule has 0 radical (unpaired) electrons. The summed E-state index contributed by atoms with van der Waals surface area (Å²) < 4.78 is 0. The zero-order valence-corrected chi connectivity index (χ0v) is 10.3. The van der Waals surface area contributed by atoms with Crippen LogP contribution >= 0.6 is 0 Å². The van der Waals surface area contributed by atoms with Gasteiger partial charge in [0.15, 0.2) is 0 Å². The van der Waals surface area contributed by atoms with Gasteiger partial charge >= 0.3 is 5.97 Å². The number of rotatable bonds is 2. The Morgan fingerprint density at radius 1 is 1.28 bits per heavy atom. The second-order valence-electron chi connectivity index (χ2n) is 5.52. The number of nitrogens with zero attached hydrogens (tertiary/aromatic N) is 2. The summed E-state index contributed by atoms with van der Waals surface area (Å²) in [5.41, 5.74) is 0.984. The molecule has 1 fully saturated rings. The monoisotopic (exact) mass is 242 g/mol. The minimum absolute atomic E-state index is 0.254. The highest BCUT2D eigenvalue weighted by atomic mass is 16.4. The molecule has 0 spiro atoms. The SMILES string of the molecule is CC1(C)CC1(C(=O)O)c1cnc2ccccc2n1. The van der Waals surface area contributed by atoms with Crippen LogP contribution in [0.2, 0.25) is 0 Å². The Morgan fingerprint density at radius 2 is 1.89 bits per heavy atom. The molecule has 1 N–H and O–H groups in total. The van der Waals surface area contributed by atoms with Crippen molar-refractivity contribution in [1.82, 2.24) is 9.97 Å². The number of fused-ring (bicyclic) bond motifs is 1. The molecule has 4 heteroatoms. The third-order valence-electron chi connectivity index (χ3n) is 3.99. The minimum Gasteiger partial charge on any atom is -0.481 e. The molecule has 18 heavy (non-hydrogen) atoms. The molecular formula is C14H14N2O2. The Morgan fingerprint density at radius 3 is 2.44 bits per heavy atom. The topological polar surface area (TPSA) is 63.1 Å². The van der Waals surface area contributed by atoms with Gasteiger partial charge in [-0.1, -0.05) is 26.0 Å². The van der Waals surface area contributed by atoms with Gasteiger partial charge in [-0.25, -0.2) is 4.98 Å². The second-order valence-corrected chi connectivity index (χ2v) is 5.52. The minimum atomic E-state index is -0.871. The summed E-state index contributed by atoms with van der Waals surface area (Å²) in [6.07, 6.45) is 2.22. The maximum absolute atomic E-state index is 11.6. The van der Waals surface area contributed by atoms with Crippen molar-refractivity contribution in [3.63, 3.8) is 0 Å². The summed E-state index contributed by atoms with van der Waals surface area (Å²) in [5.74, 6) is -0.808. The molecule has 1 saturated carbocycles. The Hall–Kier alpha value is -1.97. The van der Waals surface area contributed by atoms with Gasteiger partial charge < -0.3 is 5.11 Å². The fraction of sp³-hybridized carbons (Fsp3) is 0.357. The number of carboxylic acids is 1. The third kappa shape index (κ3) is 1.29. The van der Waals surface area contributed by atoms with Crippen molar-refractivity contribution in [2.45, 2.75) is 25.7 Å². The molecule has 92 valence electrons. The summed E-state index contributed by atoms with van der Waals surface area (Å²) in [4.78, 5) is 20.4. The first-order chi connectivity index (χ1) is 8.47. The van der Waals surface area contributed by atoms with Crippen LogP contribution in [0, 0.1) is 5.41 Å². The highest BCUT2D eigenvalue weighted by Crippen LogP contribution is 2.63. The van der Waals surface area contributed by atoms with Crippen LogP contribution in [-0.2, 0) is 10.2 Å². The highest BCUT2D eigenvalue weighted by molar-refractivity contribution is 5.87. The zero-order chi connectivity index (χ0) is 13.0. The van der Waals surface area contributed by atoms with Crippen molar-refractivity contribution in [2.75, 3.05) is 0 Å². The Bertz CT molecular complexity index is 651. The number of benzene rings is 1. The first kappa shape index (κ1) is 11.1. The van der Waals surface area contributed by atoms with E-state index in [1.165, 1.54) is 0 Å². The third-order valence-corrected chi connectivity index (χ3v) is 3.99. The van der Waals surface area contributed by atoms with Gasteiger partial charge in [0.05, 0.1) is 22.9 Å². The van der Waals surface area contributed by atoms with Gasteiger partial charge in [0.1, 0.15) is 5.41 Å². The molecule has 1 aromatic heterocycles. The molecule has 1 unspecified atom stereocenters. The van der Waals surface area contributed by atoms with E-state index < -0.39 is 11.4 Å². The van der Waals surface area contributed by atoms with Gasteiger partial charge in [0.2, 0.25) is 0 Å². The molecule has 0 bridgehead atoms. The molecular weight excluding hydrogens is 228 g/mol. The summed E-state index contributed by atoms with van der Waals surface area (Å²) in [5, 5.41) is 9.50. The first-order valence-corrected chi connectivity index (χ1v) is 5.93. The summed E-state index contributed by atoms with van der Waals surface area (Å²) in [6, 6.07) is 7.51. The number of carbonyl (C=O) groups is 1. The van der Waals surface area contributed by atoms with Crippen LogP contribution < -0.4 is 0 Å². The van der Waals surface area contributed by atoms with E-state index in [9.17, 15) is 9.90 Å². The molecule has 1 aliphatic rings. The number of aromatic nitrogens is 2. The smallest absolute Gasteiger partial charge is 0.316 e. The number of para-hydroxylation sites is 2. The zero-order valence-electron chi connectivity index (χ0n) is 10.3. The molecule has 0 saturated heterocycles. The van der Waals surface area contributed by atoms with E-state index in [1.54, 1.807) is 6.20 Å².